The van der Waals surface area contributed by atoms with Gasteiger partial charge < -0.3 is 9.84 Å². The fourth-order valence-corrected chi connectivity index (χ4v) is 2.72. The Morgan fingerprint density at radius 3 is 2.27 bits per heavy atom. The van der Waals surface area contributed by atoms with Crippen LogP contribution in [-0.2, 0) is 16.0 Å². The second-order valence-electron chi connectivity index (χ2n) is 5.83. The first-order valence-electron chi connectivity index (χ1n) is 8.54. The molecule has 136 valence electrons. The van der Waals surface area contributed by atoms with Crippen molar-refractivity contribution in [1.82, 2.24) is 5.32 Å². The third-order valence-electron chi connectivity index (χ3n) is 3.93. The van der Waals surface area contributed by atoms with E-state index in [4.69, 9.17) is 9.84 Å². The molecule has 0 fully saturated rings. The summed E-state index contributed by atoms with van der Waals surface area (Å²) in [6.07, 6.45) is 1.19. The van der Waals surface area contributed by atoms with Crippen LogP contribution in [0.2, 0.25) is 0 Å². The molecule has 2 aromatic carbocycles. The Labute approximate surface area is 153 Å². The Bertz CT molecular complexity index is 741. The summed E-state index contributed by atoms with van der Waals surface area (Å²) in [4.78, 5) is 23.4. The second kappa shape index (κ2) is 10.0. The van der Waals surface area contributed by atoms with Gasteiger partial charge in [0.15, 0.2) is 0 Å². The van der Waals surface area contributed by atoms with Gasteiger partial charge in [-0.05, 0) is 36.5 Å². The molecule has 2 N–H and O–H groups in total. The summed E-state index contributed by atoms with van der Waals surface area (Å²) >= 11 is 0. The van der Waals surface area contributed by atoms with E-state index in [0.29, 0.717) is 19.4 Å². The summed E-state index contributed by atoms with van der Waals surface area (Å²) in [5.41, 5.74) is 2.63. The third-order valence-corrected chi connectivity index (χ3v) is 3.93. The highest BCUT2D eigenvalue weighted by Crippen LogP contribution is 2.25. The molecule has 5 heteroatoms. The van der Waals surface area contributed by atoms with Crippen LogP contribution in [0.15, 0.2) is 66.9 Å². The summed E-state index contributed by atoms with van der Waals surface area (Å²) in [6.45, 7) is 2.08. The summed E-state index contributed by atoms with van der Waals surface area (Å²) in [5.74, 6) is -0.687. The van der Waals surface area contributed by atoms with Gasteiger partial charge in [-0.2, -0.15) is 0 Å². The molecule has 0 spiro atoms. The molecule has 0 bridgehead atoms. The summed E-state index contributed by atoms with van der Waals surface area (Å²) in [7, 11) is 0. The number of rotatable bonds is 8. The molecule has 0 aromatic heterocycles. The largest absolute Gasteiger partial charge is 0.466 e. The zero-order valence-corrected chi connectivity index (χ0v) is 14.7. The molecule has 0 saturated carbocycles. The molecule has 0 aliphatic heterocycles. The Morgan fingerprint density at radius 2 is 1.69 bits per heavy atom. The van der Waals surface area contributed by atoms with E-state index in [9.17, 15) is 9.59 Å². The van der Waals surface area contributed by atoms with Gasteiger partial charge in [-0.25, -0.2) is 4.79 Å². The SMILES string of the molecule is CCOC(=O)C(CC(=CNC(=O)O)c1ccccc1)Cc1ccccc1. The average Bonchev–Trinajstić information content (AvgIpc) is 2.65. The first kappa shape index (κ1) is 19.2. The highest BCUT2D eigenvalue weighted by atomic mass is 16.5. The van der Waals surface area contributed by atoms with Crippen molar-refractivity contribution >= 4 is 17.6 Å². The first-order chi connectivity index (χ1) is 12.6. The fraction of sp³-hybridized carbons (Fsp3) is 0.238. The average molecular weight is 353 g/mol. The van der Waals surface area contributed by atoms with E-state index in [2.05, 4.69) is 5.32 Å². The van der Waals surface area contributed by atoms with Crippen LogP contribution in [0.4, 0.5) is 4.79 Å². The lowest BCUT2D eigenvalue weighted by Gasteiger charge is -2.18. The van der Waals surface area contributed by atoms with Crippen molar-refractivity contribution < 1.29 is 19.4 Å². The molecule has 0 saturated heterocycles. The molecule has 0 aliphatic carbocycles. The number of hydrogen-bond acceptors (Lipinski definition) is 3. The quantitative estimate of drug-likeness (QED) is 0.700. The highest BCUT2D eigenvalue weighted by Gasteiger charge is 2.22. The van der Waals surface area contributed by atoms with Crippen molar-refractivity contribution in [3.05, 3.63) is 78.0 Å². The Hall–Kier alpha value is -3.08. The van der Waals surface area contributed by atoms with Crippen LogP contribution in [0.1, 0.15) is 24.5 Å². The normalized spacial score (nSPS) is 12.3. The van der Waals surface area contributed by atoms with Crippen molar-refractivity contribution in [2.45, 2.75) is 19.8 Å². The van der Waals surface area contributed by atoms with Crippen molar-refractivity contribution in [3.63, 3.8) is 0 Å². The van der Waals surface area contributed by atoms with E-state index in [1.807, 2.05) is 60.7 Å². The van der Waals surface area contributed by atoms with Crippen molar-refractivity contribution in [1.29, 1.82) is 0 Å². The number of benzene rings is 2. The molecule has 2 aromatic rings. The smallest absolute Gasteiger partial charge is 0.408 e. The van der Waals surface area contributed by atoms with Crippen LogP contribution < -0.4 is 5.32 Å². The van der Waals surface area contributed by atoms with Gasteiger partial charge in [0.05, 0.1) is 12.5 Å². The minimum absolute atomic E-state index is 0.284. The number of nitrogens with one attached hydrogen (secondary N) is 1. The van der Waals surface area contributed by atoms with Crippen LogP contribution in [0.5, 0.6) is 0 Å². The number of ether oxygens (including phenoxy) is 1. The van der Waals surface area contributed by atoms with Gasteiger partial charge in [0.1, 0.15) is 0 Å². The van der Waals surface area contributed by atoms with E-state index in [0.717, 1.165) is 16.7 Å². The predicted molar refractivity (Wildman–Crippen MR) is 100 cm³/mol. The van der Waals surface area contributed by atoms with Gasteiger partial charge in [0, 0.05) is 6.20 Å². The monoisotopic (exact) mass is 353 g/mol. The molecular weight excluding hydrogens is 330 g/mol. The van der Waals surface area contributed by atoms with E-state index in [1.54, 1.807) is 6.92 Å². The number of carboxylic acid groups (broad SMARTS) is 1. The Balaban J connectivity index is 2.27. The zero-order valence-electron chi connectivity index (χ0n) is 14.7. The maximum absolute atomic E-state index is 12.5. The zero-order chi connectivity index (χ0) is 18.8. The lowest BCUT2D eigenvalue weighted by atomic mass is 9.90. The van der Waals surface area contributed by atoms with Crippen molar-refractivity contribution in [2.75, 3.05) is 6.61 Å². The molecule has 2 rings (SSSR count). The number of allylic oxidation sites excluding steroid dienone is 1. The third kappa shape index (κ3) is 6.09. The molecule has 5 nitrogen and oxygen atoms in total. The summed E-state index contributed by atoms with van der Waals surface area (Å²) in [5, 5.41) is 11.2. The van der Waals surface area contributed by atoms with E-state index in [1.165, 1.54) is 6.20 Å². The molecule has 1 atom stereocenters. The van der Waals surface area contributed by atoms with Gasteiger partial charge in [0.2, 0.25) is 0 Å². The molecule has 0 aliphatic rings. The van der Waals surface area contributed by atoms with E-state index in [-0.39, 0.29) is 5.97 Å². The Kier molecular flexibility index (Phi) is 7.43. The molecule has 1 amide bonds. The number of carbonyl (C=O) groups is 2. The van der Waals surface area contributed by atoms with Gasteiger partial charge >= 0.3 is 12.1 Å². The summed E-state index contributed by atoms with van der Waals surface area (Å²) in [6, 6.07) is 19.1. The maximum atomic E-state index is 12.5. The molecule has 26 heavy (non-hydrogen) atoms. The topological polar surface area (TPSA) is 75.6 Å². The van der Waals surface area contributed by atoms with Crippen LogP contribution in [-0.4, -0.2) is 23.8 Å². The van der Waals surface area contributed by atoms with Gasteiger partial charge in [-0.1, -0.05) is 60.7 Å². The number of carbonyl (C=O) groups excluding carboxylic acids is 1. The predicted octanol–water partition coefficient (Wildman–Crippen LogP) is 4.11. The number of hydrogen-bond donors (Lipinski definition) is 2. The first-order valence-corrected chi connectivity index (χ1v) is 8.54. The standard InChI is InChI=1S/C21H23NO4/c1-2-26-20(23)18(13-16-9-5-3-6-10-16)14-19(15-22-21(24)25)17-11-7-4-8-12-17/h3-12,15,18,22H,2,13-14H2,1H3,(H,24,25). The van der Waals surface area contributed by atoms with Gasteiger partial charge in [-0.15, -0.1) is 0 Å². The highest BCUT2D eigenvalue weighted by molar-refractivity contribution is 5.78. The molecule has 1 unspecified atom stereocenters. The maximum Gasteiger partial charge on any atom is 0.408 e. The van der Waals surface area contributed by atoms with Gasteiger partial charge in [0.25, 0.3) is 0 Å². The van der Waals surface area contributed by atoms with Crippen LogP contribution in [0.3, 0.4) is 0 Å². The van der Waals surface area contributed by atoms with Crippen molar-refractivity contribution in [2.24, 2.45) is 5.92 Å². The van der Waals surface area contributed by atoms with E-state index < -0.39 is 12.0 Å². The second-order valence-corrected chi connectivity index (χ2v) is 5.83. The van der Waals surface area contributed by atoms with Crippen LogP contribution >= 0.6 is 0 Å². The van der Waals surface area contributed by atoms with Gasteiger partial charge in [-0.3, -0.25) is 10.1 Å². The summed E-state index contributed by atoms with van der Waals surface area (Å²) < 4.78 is 5.24. The fourth-order valence-electron chi connectivity index (χ4n) is 2.72. The number of esters is 1. The van der Waals surface area contributed by atoms with E-state index >= 15 is 0 Å². The minimum atomic E-state index is -1.14. The van der Waals surface area contributed by atoms with Crippen molar-refractivity contribution in [3.8, 4) is 0 Å². The minimum Gasteiger partial charge on any atom is -0.466 e. The molecule has 0 radical (unpaired) electrons. The lowest BCUT2D eigenvalue weighted by Crippen LogP contribution is -2.22. The number of amides is 1. The molecule has 0 heterocycles. The van der Waals surface area contributed by atoms with Crippen LogP contribution in [0.25, 0.3) is 5.57 Å². The van der Waals surface area contributed by atoms with Crippen LogP contribution in [0, 0.1) is 5.92 Å². The lowest BCUT2D eigenvalue weighted by molar-refractivity contribution is -0.147. The Morgan fingerprint density at radius 1 is 1.08 bits per heavy atom. The molecular formula is C21H23NO4.